The maximum atomic E-state index is 12.9. The normalized spacial score (nSPS) is 15.1. The molecule has 0 atom stereocenters. The first-order valence-corrected chi connectivity index (χ1v) is 11.9. The van der Waals surface area contributed by atoms with Crippen LogP contribution in [0.2, 0.25) is 0 Å². The molecule has 1 fully saturated rings. The Morgan fingerprint density at radius 2 is 1.81 bits per heavy atom. The molecule has 3 aromatic carbocycles. The average molecular weight is 485 g/mol. The lowest BCUT2D eigenvalue weighted by atomic mass is 10.0. The van der Waals surface area contributed by atoms with Gasteiger partial charge in [-0.3, -0.25) is 9.59 Å². The van der Waals surface area contributed by atoms with E-state index < -0.39 is 10.1 Å². The van der Waals surface area contributed by atoms with Crippen molar-refractivity contribution in [2.75, 3.05) is 5.32 Å². The second-order valence-corrected chi connectivity index (χ2v) is 10.1. The molecule has 162 valence electrons. The summed E-state index contributed by atoms with van der Waals surface area (Å²) in [7, 11) is -4.18. The molecule has 32 heavy (non-hydrogen) atoms. The fourth-order valence-corrected chi connectivity index (χ4v) is 5.10. The van der Waals surface area contributed by atoms with Gasteiger partial charge >= 0.3 is 10.1 Å². The average Bonchev–Trinajstić information content (AvgIpc) is 3.06. The molecule has 10 heteroatoms. The highest BCUT2D eigenvalue weighted by atomic mass is 32.2. The zero-order valence-electron chi connectivity index (χ0n) is 16.6. The Kier molecular flexibility index (Phi) is 6.00. The summed E-state index contributed by atoms with van der Waals surface area (Å²) in [6.45, 7) is 1.36. The van der Waals surface area contributed by atoms with E-state index in [4.69, 9.17) is 16.4 Å². The Bertz CT molecular complexity index is 1400. The third kappa shape index (κ3) is 4.67. The number of rotatable bonds is 5. The summed E-state index contributed by atoms with van der Waals surface area (Å²) in [4.78, 5) is 23.6. The molecule has 3 aromatic rings. The standard InChI is InChI=1S/C22H16N2O5S3/c1-13(25)23-15-7-9-16(10-8-15)32(27,28)29-19-11-6-14-4-2-3-5-17(14)18(19)12-20-21(26)24-22(30)31-20/h2-12H,1H3,(H,23,25)(H,24,26,30). The van der Waals surface area contributed by atoms with Gasteiger partial charge in [0.05, 0.1) is 4.91 Å². The number of thiocarbonyl (C=S) groups is 1. The van der Waals surface area contributed by atoms with Crippen molar-refractivity contribution in [1.29, 1.82) is 0 Å². The van der Waals surface area contributed by atoms with Gasteiger partial charge in [0.1, 0.15) is 9.22 Å². The van der Waals surface area contributed by atoms with E-state index in [9.17, 15) is 18.0 Å². The van der Waals surface area contributed by atoms with Crippen molar-refractivity contribution in [3.05, 3.63) is 71.1 Å². The molecular weight excluding hydrogens is 468 g/mol. The summed E-state index contributed by atoms with van der Waals surface area (Å²) in [5.74, 6) is -0.539. The smallest absolute Gasteiger partial charge is 0.339 e. The Hall–Kier alpha value is -3.21. The van der Waals surface area contributed by atoms with Crippen LogP contribution in [0.4, 0.5) is 5.69 Å². The maximum absolute atomic E-state index is 12.9. The number of carbonyl (C=O) groups is 2. The van der Waals surface area contributed by atoms with Crippen molar-refractivity contribution in [1.82, 2.24) is 5.32 Å². The van der Waals surface area contributed by atoms with E-state index in [0.717, 1.165) is 22.5 Å². The molecule has 0 aromatic heterocycles. The van der Waals surface area contributed by atoms with Gasteiger partial charge < -0.3 is 14.8 Å². The number of benzene rings is 3. The number of anilines is 1. The van der Waals surface area contributed by atoms with E-state index in [-0.39, 0.29) is 22.5 Å². The van der Waals surface area contributed by atoms with E-state index in [0.29, 0.717) is 20.5 Å². The summed E-state index contributed by atoms with van der Waals surface area (Å²) in [5, 5.41) is 6.70. The highest BCUT2D eigenvalue weighted by Crippen LogP contribution is 2.35. The van der Waals surface area contributed by atoms with Crippen molar-refractivity contribution in [3.63, 3.8) is 0 Å². The van der Waals surface area contributed by atoms with Gasteiger partial charge in [-0.05, 0) is 47.2 Å². The van der Waals surface area contributed by atoms with Crippen molar-refractivity contribution < 1.29 is 22.2 Å². The number of amides is 2. The minimum Gasteiger partial charge on any atom is -0.378 e. The molecule has 1 aliphatic heterocycles. The van der Waals surface area contributed by atoms with Crippen LogP contribution >= 0.6 is 24.0 Å². The lowest BCUT2D eigenvalue weighted by Gasteiger charge is -2.13. The highest BCUT2D eigenvalue weighted by molar-refractivity contribution is 8.26. The van der Waals surface area contributed by atoms with Crippen LogP contribution < -0.4 is 14.8 Å². The Morgan fingerprint density at radius 3 is 2.47 bits per heavy atom. The first-order valence-electron chi connectivity index (χ1n) is 9.32. The van der Waals surface area contributed by atoms with Gasteiger partial charge in [0, 0.05) is 18.2 Å². The summed E-state index contributed by atoms with van der Waals surface area (Å²) in [6, 6.07) is 16.3. The molecule has 7 nitrogen and oxygen atoms in total. The molecule has 0 bridgehead atoms. The van der Waals surface area contributed by atoms with E-state index >= 15 is 0 Å². The van der Waals surface area contributed by atoms with Crippen LogP contribution in [0.3, 0.4) is 0 Å². The first kappa shape index (κ1) is 22.0. The number of nitrogens with one attached hydrogen (secondary N) is 2. The third-order valence-electron chi connectivity index (χ3n) is 4.51. The van der Waals surface area contributed by atoms with Gasteiger partial charge in [-0.1, -0.05) is 54.3 Å². The molecule has 0 unspecified atom stereocenters. The van der Waals surface area contributed by atoms with Crippen molar-refractivity contribution in [2.24, 2.45) is 0 Å². The number of carbonyl (C=O) groups excluding carboxylic acids is 2. The Morgan fingerprint density at radius 1 is 1.09 bits per heavy atom. The molecule has 2 amide bonds. The summed E-state index contributed by atoms with van der Waals surface area (Å²) in [5.41, 5.74) is 0.914. The molecule has 1 saturated heterocycles. The van der Waals surface area contributed by atoms with Gasteiger partial charge in [0.25, 0.3) is 5.91 Å². The number of hydrogen-bond donors (Lipinski definition) is 2. The van der Waals surface area contributed by atoms with Crippen LogP contribution in [0.1, 0.15) is 12.5 Å². The molecule has 0 spiro atoms. The van der Waals surface area contributed by atoms with Crippen LogP contribution in [0.25, 0.3) is 16.8 Å². The number of hydrogen-bond acceptors (Lipinski definition) is 7. The lowest BCUT2D eigenvalue weighted by Crippen LogP contribution is -2.17. The monoisotopic (exact) mass is 484 g/mol. The van der Waals surface area contributed by atoms with Gasteiger partial charge in [-0.25, -0.2) is 0 Å². The predicted molar refractivity (Wildman–Crippen MR) is 129 cm³/mol. The molecule has 1 aliphatic rings. The van der Waals surface area contributed by atoms with Gasteiger partial charge in [0.2, 0.25) is 5.91 Å². The van der Waals surface area contributed by atoms with Crippen LogP contribution in [-0.4, -0.2) is 24.6 Å². The Labute approximate surface area is 194 Å². The molecule has 0 aliphatic carbocycles. The fourth-order valence-electron chi connectivity index (χ4n) is 3.12. The fraction of sp³-hybridized carbons (Fsp3) is 0.0455. The van der Waals surface area contributed by atoms with Gasteiger partial charge in [0.15, 0.2) is 5.75 Å². The van der Waals surface area contributed by atoms with Crippen molar-refractivity contribution >= 4 is 72.8 Å². The second kappa shape index (κ2) is 8.73. The van der Waals surface area contributed by atoms with Crippen LogP contribution in [0.5, 0.6) is 5.75 Å². The minimum atomic E-state index is -4.18. The van der Waals surface area contributed by atoms with Crippen LogP contribution in [0, 0.1) is 0 Å². The van der Waals surface area contributed by atoms with Crippen LogP contribution in [-0.2, 0) is 19.7 Å². The van der Waals surface area contributed by atoms with E-state index in [2.05, 4.69) is 10.6 Å². The SMILES string of the molecule is CC(=O)Nc1ccc(S(=O)(=O)Oc2ccc3ccccc3c2C=C2SC(=S)NC2=O)cc1. The maximum Gasteiger partial charge on any atom is 0.339 e. The molecule has 4 rings (SSSR count). The number of thioether (sulfide) groups is 1. The zero-order chi connectivity index (χ0) is 22.9. The summed E-state index contributed by atoms with van der Waals surface area (Å²) in [6.07, 6.45) is 1.58. The third-order valence-corrected chi connectivity index (χ3v) is 6.92. The number of fused-ring (bicyclic) bond motifs is 1. The Balaban J connectivity index is 1.76. The quantitative estimate of drug-likeness (QED) is 0.320. The topological polar surface area (TPSA) is 102 Å². The summed E-state index contributed by atoms with van der Waals surface area (Å²) >= 11 is 6.14. The highest BCUT2D eigenvalue weighted by Gasteiger charge is 2.24. The lowest BCUT2D eigenvalue weighted by molar-refractivity contribution is -0.115. The largest absolute Gasteiger partial charge is 0.378 e. The predicted octanol–water partition coefficient (Wildman–Crippen LogP) is 4.05. The van der Waals surface area contributed by atoms with Crippen molar-refractivity contribution in [3.8, 4) is 5.75 Å². The minimum absolute atomic E-state index is 0.0764. The molecule has 0 radical (unpaired) electrons. The molecular formula is C22H16N2O5S3. The van der Waals surface area contributed by atoms with E-state index in [1.54, 1.807) is 18.2 Å². The second-order valence-electron chi connectivity index (χ2n) is 6.79. The molecule has 1 heterocycles. The van der Waals surface area contributed by atoms with Crippen molar-refractivity contribution in [2.45, 2.75) is 11.8 Å². The van der Waals surface area contributed by atoms with Gasteiger partial charge in [-0.2, -0.15) is 8.42 Å². The molecule has 2 N–H and O–H groups in total. The molecule has 0 saturated carbocycles. The first-order chi connectivity index (χ1) is 15.2. The summed E-state index contributed by atoms with van der Waals surface area (Å²) < 4.78 is 31.7. The van der Waals surface area contributed by atoms with Crippen LogP contribution in [0.15, 0.2) is 70.5 Å². The van der Waals surface area contributed by atoms with E-state index in [1.165, 1.54) is 31.2 Å². The zero-order valence-corrected chi connectivity index (χ0v) is 19.1. The van der Waals surface area contributed by atoms with Gasteiger partial charge in [-0.15, -0.1) is 0 Å². The van der Waals surface area contributed by atoms with E-state index in [1.807, 2.05) is 24.3 Å².